The van der Waals surface area contributed by atoms with Gasteiger partial charge in [0.2, 0.25) is 0 Å². The van der Waals surface area contributed by atoms with E-state index in [0.717, 1.165) is 0 Å². The zero-order valence-electron chi connectivity index (χ0n) is 4.92. The molecule has 2 N–H and O–H groups in total. The molecule has 0 amide bonds. The Morgan fingerprint density at radius 3 is 3.11 bits per heavy atom. The highest BCUT2D eigenvalue weighted by Crippen LogP contribution is 1.97. The topological polar surface area (TPSA) is 57.8 Å². The van der Waals surface area contributed by atoms with E-state index in [1.807, 2.05) is 0 Å². The minimum Gasteiger partial charge on any atom is -0.290 e. The van der Waals surface area contributed by atoms with Gasteiger partial charge in [-0.1, -0.05) is 0 Å². The molecule has 0 radical (unpaired) electrons. The van der Waals surface area contributed by atoms with Crippen molar-refractivity contribution in [2.75, 3.05) is 11.0 Å². The van der Waals surface area contributed by atoms with Gasteiger partial charge in [-0.3, -0.25) is 9.82 Å². The molecule has 0 fully saturated rings. The molecule has 0 aliphatic heterocycles. The summed E-state index contributed by atoms with van der Waals surface area (Å²) in [5, 5.41) is 6.27. The van der Waals surface area contributed by atoms with Gasteiger partial charge >= 0.3 is 0 Å². The molecule has 0 aliphatic rings. The number of aromatic amines is 1. The largest absolute Gasteiger partial charge is 0.290 e. The van der Waals surface area contributed by atoms with E-state index in [4.69, 9.17) is 0 Å². The summed E-state index contributed by atoms with van der Waals surface area (Å²) in [5.41, 5.74) is 0. The Kier molecular flexibility index (Phi) is 1.84. The third-order valence-electron chi connectivity index (χ3n) is 0.754. The predicted octanol–water partition coefficient (Wildman–Crippen LogP) is 0.115. The van der Waals surface area contributed by atoms with Crippen molar-refractivity contribution in [2.45, 2.75) is 0 Å². The molecule has 0 saturated heterocycles. The molecule has 0 aromatic carbocycles. The van der Waals surface area contributed by atoms with Crippen LogP contribution in [-0.4, -0.2) is 20.7 Å². The lowest BCUT2D eigenvalue weighted by molar-refractivity contribution is 0.689. The van der Waals surface area contributed by atoms with Crippen molar-refractivity contribution in [2.24, 2.45) is 0 Å². The van der Waals surface area contributed by atoms with Crippen molar-refractivity contribution in [3.8, 4) is 0 Å². The van der Waals surface area contributed by atoms with Crippen molar-refractivity contribution < 1.29 is 4.21 Å². The summed E-state index contributed by atoms with van der Waals surface area (Å²) >= 11 is 0. The summed E-state index contributed by atoms with van der Waals surface area (Å²) in [7, 11) is -1.02. The number of H-pyrrole nitrogens is 1. The number of hydrogen-bond donors (Lipinski definition) is 2. The monoisotopic (exact) mass is 145 g/mol. The van der Waals surface area contributed by atoms with Crippen LogP contribution < -0.4 is 4.72 Å². The van der Waals surface area contributed by atoms with Crippen LogP contribution in [0.1, 0.15) is 0 Å². The fourth-order valence-corrected chi connectivity index (χ4v) is 0.891. The van der Waals surface area contributed by atoms with Gasteiger partial charge in [0.15, 0.2) is 0 Å². The number of hydrogen-bond acceptors (Lipinski definition) is 2. The third kappa shape index (κ3) is 1.85. The van der Waals surface area contributed by atoms with Crippen LogP contribution in [0.5, 0.6) is 0 Å². The molecule has 50 valence electrons. The number of aromatic nitrogens is 2. The molecule has 5 heteroatoms. The van der Waals surface area contributed by atoms with E-state index in [1.54, 1.807) is 18.5 Å². The molecule has 1 rings (SSSR count). The Morgan fingerprint density at radius 1 is 1.89 bits per heavy atom. The molecular weight excluding hydrogens is 138 g/mol. The van der Waals surface area contributed by atoms with Crippen LogP contribution in [0.4, 0.5) is 5.82 Å². The first kappa shape index (κ1) is 6.28. The predicted molar refractivity (Wildman–Crippen MR) is 36.3 cm³/mol. The maximum absolute atomic E-state index is 10.5. The second-order valence-electron chi connectivity index (χ2n) is 1.53. The fourth-order valence-electron chi connectivity index (χ4n) is 0.468. The average Bonchev–Trinajstić information content (AvgIpc) is 2.15. The van der Waals surface area contributed by atoms with Gasteiger partial charge in [0.1, 0.15) is 16.8 Å². The van der Waals surface area contributed by atoms with E-state index < -0.39 is 11.0 Å². The molecule has 0 saturated carbocycles. The van der Waals surface area contributed by atoms with E-state index >= 15 is 0 Å². The van der Waals surface area contributed by atoms with Gasteiger partial charge in [0, 0.05) is 12.3 Å². The molecule has 4 nitrogen and oxygen atoms in total. The highest BCUT2D eigenvalue weighted by atomic mass is 32.2. The summed E-state index contributed by atoms with van der Waals surface area (Å²) in [6, 6.07) is 1.71. The quantitative estimate of drug-likeness (QED) is 0.620. The van der Waals surface area contributed by atoms with Gasteiger partial charge in [-0.05, 0) is 0 Å². The lowest BCUT2D eigenvalue weighted by Gasteiger charge is -1.93. The summed E-state index contributed by atoms with van der Waals surface area (Å²) in [4.78, 5) is 0. The van der Waals surface area contributed by atoms with Crippen LogP contribution in [0, 0.1) is 0 Å². The molecule has 0 aliphatic carbocycles. The maximum Gasteiger partial charge on any atom is 0.133 e. The number of nitrogens with one attached hydrogen (secondary N) is 2. The number of nitrogens with zero attached hydrogens (tertiary/aromatic N) is 1. The van der Waals surface area contributed by atoms with Crippen molar-refractivity contribution >= 4 is 16.8 Å². The van der Waals surface area contributed by atoms with Crippen LogP contribution in [0.15, 0.2) is 12.3 Å². The third-order valence-corrected chi connectivity index (χ3v) is 1.26. The van der Waals surface area contributed by atoms with Crippen molar-refractivity contribution in [1.29, 1.82) is 0 Å². The average molecular weight is 145 g/mol. The number of rotatable bonds is 2. The van der Waals surface area contributed by atoms with Crippen LogP contribution in [0.2, 0.25) is 0 Å². The molecular formula is C4H7N3OS. The van der Waals surface area contributed by atoms with Gasteiger partial charge in [0.05, 0.1) is 6.20 Å². The van der Waals surface area contributed by atoms with E-state index in [1.165, 1.54) is 0 Å². The van der Waals surface area contributed by atoms with Crippen LogP contribution >= 0.6 is 0 Å². The van der Waals surface area contributed by atoms with Crippen LogP contribution in [0.3, 0.4) is 0 Å². The zero-order chi connectivity index (χ0) is 6.69. The molecule has 0 bridgehead atoms. The Balaban J connectivity index is 2.58. The van der Waals surface area contributed by atoms with Crippen molar-refractivity contribution in [3.63, 3.8) is 0 Å². The zero-order valence-corrected chi connectivity index (χ0v) is 5.73. The van der Waals surface area contributed by atoms with Crippen molar-refractivity contribution in [1.82, 2.24) is 10.2 Å². The van der Waals surface area contributed by atoms with Gasteiger partial charge in [-0.15, -0.1) is 0 Å². The summed E-state index contributed by atoms with van der Waals surface area (Å²) in [6.07, 6.45) is 3.15. The first-order chi connectivity index (χ1) is 4.29. The highest BCUT2D eigenvalue weighted by molar-refractivity contribution is 7.85. The van der Waals surface area contributed by atoms with Gasteiger partial charge in [-0.25, -0.2) is 4.21 Å². The SMILES string of the molecule is CS(=O)Nc1ccn[nH]1. The van der Waals surface area contributed by atoms with E-state index in [-0.39, 0.29) is 0 Å². The standard InChI is InChI=1S/C4H7N3OS/c1-9(8)7-4-2-3-5-6-4/h2-3H,1H3,(H2,5,6,7). The van der Waals surface area contributed by atoms with Crippen molar-refractivity contribution in [3.05, 3.63) is 12.3 Å². The fraction of sp³-hybridized carbons (Fsp3) is 0.250. The molecule has 1 heterocycles. The first-order valence-electron chi connectivity index (χ1n) is 2.38. The second kappa shape index (κ2) is 2.63. The molecule has 1 aromatic rings. The van der Waals surface area contributed by atoms with Crippen LogP contribution in [-0.2, 0) is 11.0 Å². The number of anilines is 1. The highest BCUT2D eigenvalue weighted by Gasteiger charge is 1.90. The molecule has 1 aromatic heterocycles. The molecule has 1 atom stereocenters. The summed E-state index contributed by atoms with van der Waals surface area (Å²) in [5.74, 6) is 0.677. The smallest absolute Gasteiger partial charge is 0.133 e. The maximum atomic E-state index is 10.5. The Labute approximate surface area is 55.3 Å². The lowest BCUT2D eigenvalue weighted by Crippen LogP contribution is -2.00. The van der Waals surface area contributed by atoms with Gasteiger partial charge in [0.25, 0.3) is 0 Å². The minimum atomic E-state index is -1.02. The Bertz CT molecular complexity index is 196. The van der Waals surface area contributed by atoms with Gasteiger partial charge < -0.3 is 0 Å². The normalized spacial score (nSPS) is 13.0. The molecule has 1 unspecified atom stereocenters. The van der Waals surface area contributed by atoms with E-state index in [0.29, 0.717) is 5.82 Å². The Morgan fingerprint density at radius 2 is 2.67 bits per heavy atom. The minimum absolute atomic E-state index is 0.677. The summed E-state index contributed by atoms with van der Waals surface area (Å²) in [6.45, 7) is 0. The first-order valence-corrected chi connectivity index (χ1v) is 3.94. The van der Waals surface area contributed by atoms with Crippen LogP contribution in [0.25, 0.3) is 0 Å². The molecule has 0 spiro atoms. The molecule has 9 heavy (non-hydrogen) atoms. The summed E-state index contributed by atoms with van der Waals surface area (Å²) < 4.78 is 13.1. The second-order valence-corrected chi connectivity index (χ2v) is 2.64. The van der Waals surface area contributed by atoms with E-state index in [9.17, 15) is 4.21 Å². The Hall–Kier alpha value is -0.840. The van der Waals surface area contributed by atoms with E-state index in [2.05, 4.69) is 14.9 Å². The van der Waals surface area contributed by atoms with Gasteiger partial charge in [-0.2, -0.15) is 5.10 Å². The lowest BCUT2D eigenvalue weighted by atomic mass is 10.7.